The maximum atomic E-state index is 5.38. The molecule has 0 saturated carbocycles. The third-order valence-corrected chi connectivity index (χ3v) is 3.19. The minimum Gasteiger partial charge on any atom is -0.493 e. The standard InChI is InChI=1S/C15H19N3O3/c1-16-14(11-9-17-5-6-18-11)10-7-12(19-2)15(21-4)13(8-10)20-3/h5-9,14,16H,1-4H3. The van der Waals surface area contributed by atoms with E-state index in [1.54, 1.807) is 39.9 Å². The molecule has 2 rings (SSSR count). The number of aromatic nitrogens is 2. The molecule has 6 nitrogen and oxygen atoms in total. The molecule has 6 heteroatoms. The fourth-order valence-electron chi connectivity index (χ4n) is 2.21. The quantitative estimate of drug-likeness (QED) is 0.875. The van der Waals surface area contributed by atoms with E-state index in [0.29, 0.717) is 17.2 Å². The van der Waals surface area contributed by atoms with Gasteiger partial charge < -0.3 is 19.5 Å². The molecule has 0 aliphatic carbocycles. The molecule has 0 saturated heterocycles. The van der Waals surface area contributed by atoms with Crippen molar-refractivity contribution < 1.29 is 14.2 Å². The summed E-state index contributed by atoms with van der Waals surface area (Å²) in [5.74, 6) is 1.78. The van der Waals surface area contributed by atoms with Crippen LogP contribution in [0.5, 0.6) is 17.2 Å². The smallest absolute Gasteiger partial charge is 0.203 e. The van der Waals surface area contributed by atoms with Gasteiger partial charge >= 0.3 is 0 Å². The van der Waals surface area contributed by atoms with Crippen molar-refractivity contribution in [3.8, 4) is 17.2 Å². The fraction of sp³-hybridized carbons (Fsp3) is 0.333. The van der Waals surface area contributed by atoms with Gasteiger partial charge in [-0.2, -0.15) is 0 Å². The minimum atomic E-state index is -0.118. The average Bonchev–Trinajstić information content (AvgIpc) is 2.55. The Kier molecular flexibility index (Phi) is 4.94. The van der Waals surface area contributed by atoms with Gasteiger partial charge in [0.2, 0.25) is 5.75 Å². The van der Waals surface area contributed by atoms with Gasteiger partial charge in [-0.15, -0.1) is 0 Å². The predicted molar refractivity (Wildman–Crippen MR) is 79.0 cm³/mol. The van der Waals surface area contributed by atoms with Crippen molar-refractivity contribution in [1.82, 2.24) is 15.3 Å². The Balaban J connectivity index is 2.52. The highest BCUT2D eigenvalue weighted by atomic mass is 16.5. The Morgan fingerprint density at radius 1 is 1.00 bits per heavy atom. The second kappa shape index (κ2) is 6.90. The van der Waals surface area contributed by atoms with E-state index in [0.717, 1.165) is 11.3 Å². The second-order valence-corrected chi connectivity index (χ2v) is 4.31. The number of methoxy groups -OCH3 is 3. The van der Waals surface area contributed by atoms with Gasteiger partial charge in [0.25, 0.3) is 0 Å². The number of ether oxygens (including phenoxy) is 3. The van der Waals surface area contributed by atoms with Gasteiger partial charge in [-0.05, 0) is 24.7 Å². The summed E-state index contributed by atoms with van der Waals surface area (Å²) >= 11 is 0. The first-order valence-electron chi connectivity index (χ1n) is 6.48. The van der Waals surface area contributed by atoms with Gasteiger partial charge in [0.05, 0.1) is 39.3 Å². The molecule has 0 aliphatic heterocycles. The zero-order valence-electron chi connectivity index (χ0n) is 12.6. The number of rotatable bonds is 6. The normalized spacial score (nSPS) is 11.8. The second-order valence-electron chi connectivity index (χ2n) is 4.31. The van der Waals surface area contributed by atoms with Crippen LogP contribution in [0, 0.1) is 0 Å². The van der Waals surface area contributed by atoms with Crippen molar-refractivity contribution in [2.45, 2.75) is 6.04 Å². The first kappa shape index (κ1) is 15.1. The van der Waals surface area contributed by atoms with E-state index in [1.165, 1.54) is 0 Å². The summed E-state index contributed by atoms with van der Waals surface area (Å²) in [5, 5.41) is 3.22. The maximum Gasteiger partial charge on any atom is 0.203 e. The van der Waals surface area contributed by atoms with Crippen molar-refractivity contribution in [2.24, 2.45) is 0 Å². The predicted octanol–water partition coefficient (Wildman–Crippen LogP) is 1.81. The Labute approximate surface area is 124 Å². The van der Waals surface area contributed by atoms with Crippen LogP contribution in [-0.2, 0) is 0 Å². The molecule has 0 spiro atoms. The van der Waals surface area contributed by atoms with Crippen LogP contribution >= 0.6 is 0 Å². The molecule has 0 bridgehead atoms. The summed E-state index contributed by atoms with van der Waals surface area (Å²) in [6.45, 7) is 0. The van der Waals surface area contributed by atoms with Crippen LogP contribution < -0.4 is 19.5 Å². The molecule has 112 valence electrons. The Morgan fingerprint density at radius 3 is 2.10 bits per heavy atom. The molecule has 1 aromatic heterocycles. The third-order valence-electron chi connectivity index (χ3n) is 3.19. The molecule has 0 radical (unpaired) electrons. The van der Waals surface area contributed by atoms with E-state index >= 15 is 0 Å². The molecule has 2 aromatic rings. The molecule has 1 atom stereocenters. The lowest BCUT2D eigenvalue weighted by Crippen LogP contribution is -2.19. The number of nitrogens with one attached hydrogen (secondary N) is 1. The van der Waals surface area contributed by atoms with Crippen LogP contribution in [-0.4, -0.2) is 38.3 Å². The van der Waals surface area contributed by atoms with E-state index in [2.05, 4.69) is 15.3 Å². The molecule has 0 fully saturated rings. The summed E-state index contributed by atoms with van der Waals surface area (Å²) in [5.41, 5.74) is 1.77. The molecular formula is C15H19N3O3. The summed E-state index contributed by atoms with van der Waals surface area (Å²) in [6, 6.07) is 3.68. The van der Waals surface area contributed by atoms with Gasteiger partial charge in [-0.3, -0.25) is 9.97 Å². The molecule has 0 aliphatic rings. The third kappa shape index (κ3) is 3.05. The van der Waals surface area contributed by atoms with Crippen molar-refractivity contribution in [3.63, 3.8) is 0 Å². The molecular weight excluding hydrogens is 270 g/mol. The van der Waals surface area contributed by atoms with Crippen LogP contribution in [0.25, 0.3) is 0 Å². The Morgan fingerprint density at radius 2 is 1.67 bits per heavy atom. The zero-order valence-corrected chi connectivity index (χ0v) is 12.6. The molecule has 1 heterocycles. The number of hydrogen-bond donors (Lipinski definition) is 1. The van der Waals surface area contributed by atoms with E-state index in [1.807, 2.05) is 19.2 Å². The van der Waals surface area contributed by atoms with Crippen LogP contribution in [0.1, 0.15) is 17.3 Å². The van der Waals surface area contributed by atoms with Crippen LogP contribution in [0.4, 0.5) is 0 Å². The van der Waals surface area contributed by atoms with Gasteiger partial charge in [-0.25, -0.2) is 0 Å². The number of benzene rings is 1. The largest absolute Gasteiger partial charge is 0.493 e. The Bertz CT molecular complexity index is 565. The topological polar surface area (TPSA) is 65.5 Å². The number of hydrogen-bond acceptors (Lipinski definition) is 6. The monoisotopic (exact) mass is 289 g/mol. The summed E-state index contributed by atoms with van der Waals surface area (Å²) in [6.07, 6.45) is 5.04. The Hall–Kier alpha value is -2.34. The lowest BCUT2D eigenvalue weighted by Gasteiger charge is -2.19. The minimum absolute atomic E-state index is 0.118. The highest BCUT2D eigenvalue weighted by Gasteiger charge is 2.20. The molecule has 1 N–H and O–H groups in total. The van der Waals surface area contributed by atoms with Crippen molar-refractivity contribution in [2.75, 3.05) is 28.4 Å². The van der Waals surface area contributed by atoms with E-state index in [4.69, 9.17) is 14.2 Å². The number of nitrogens with zero attached hydrogens (tertiary/aromatic N) is 2. The van der Waals surface area contributed by atoms with Crippen molar-refractivity contribution in [1.29, 1.82) is 0 Å². The zero-order chi connectivity index (χ0) is 15.2. The molecule has 21 heavy (non-hydrogen) atoms. The molecule has 0 amide bonds. The summed E-state index contributed by atoms with van der Waals surface area (Å²) in [7, 11) is 6.64. The van der Waals surface area contributed by atoms with E-state index in [-0.39, 0.29) is 6.04 Å². The van der Waals surface area contributed by atoms with Gasteiger partial charge in [0, 0.05) is 12.4 Å². The first-order chi connectivity index (χ1) is 10.2. The lowest BCUT2D eigenvalue weighted by molar-refractivity contribution is 0.323. The highest BCUT2D eigenvalue weighted by molar-refractivity contribution is 5.55. The SMILES string of the molecule is CNC(c1cc(OC)c(OC)c(OC)c1)c1cnccn1. The van der Waals surface area contributed by atoms with E-state index < -0.39 is 0 Å². The van der Waals surface area contributed by atoms with E-state index in [9.17, 15) is 0 Å². The van der Waals surface area contributed by atoms with Gasteiger partial charge in [0.15, 0.2) is 11.5 Å². The lowest BCUT2D eigenvalue weighted by atomic mass is 10.0. The molecule has 1 unspecified atom stereocenters. The van der Waals surface area contributed by atoms with Crippen LogP contribution in [0.2, 0.25) is 0 Å². The summed E-state index contributed by atoms with van der Waals surface area (Å²) < 4.78 is 16.1. The maximum absolute atomic E-state index is 5.38. The average molecular weight is 289 g/mol. The van der Waals surface area contributed by atoms with Crippen molar-refractivity contribution >= 4 is 0 Å². The fourth-order valence-corrected chi connectivity index (χ4v) is 2.21. The molecule has 1 aromatic carbocycles. The van der Waals surface area contributed by atoms with Crippen LogP contribution in [0.15, 0.2) is 30.7 Å². The first-order valence-corrected chi connectivity index (χ1v) is 6.48. The van der Waals surface area contributed by atoms with Gasteiger partial charge in [-0.1, -0.05) is 0 Å². The highest BCUT2D eigenvalue weighted by Crippen LogP contribution is 2.40. The summed E-state index contributed by atoms with van der Waals surface area (Å²) in [4.78, 5) is 8.45. The van der Waals surface area contributed by atoms with Crippen LogP contribution in [0.3, 0.4) is 0 Å². The van der Waals surface area contributed by atoms with Gasteiger partial charge in [0.1, 0.15) is 0 Å². The van der Waals surface area contributed by atoms with Crippen molar-refractivity contribution in [3.05, 3.63) is 42.0 Å².